The van der Waals surface area contributed by atoms with E-state index >= 15 is 0 Å². The number of ketones is 1. The number of rotatable bonds is 5. The zero-order valence-corrected chi connectivity index (χ0v) is 8.76. The van der Waals surface area contributed by atoms with Gasteiger partial charge >= 0.3 is 0 Å². The first kappa shape index (κ1) is 11.9. The monoisotopic (exact) mass is 208 g/mol. The second kappa shape index (κ2) is 5.63. The van der Waals surface area contributed by atoms with Gasteiger partial charge in [0.2, 0.25) is 0 Å². The van der Waals surface area contributed by atoms with Crippen molar-refractivity contribution < 1.29 is 15.0 Å². The molecule has 0 aliphatic rings. The van der Waals surface area contributed by atoms with Gasteiger partial charge in [-0.1, -0.05) is 37.3 Å². The van der Waals surface area contributed by atoms with Crippen molar-refractivity contribution in [2.45, 2.75) is 32.0 Å². The summed E-state index contributed by atoms with van der Waals surface area (Å²) in [5.74, 6) is -0.143. The molecule has 0 fully saturated rings. The molecule has 1 aromatic rings. The normalized spacial score (nSPS) is 14.6. The summed E-state index contributed by atoms with van der Waals surface area (Å²) in [5.41, 5.74) is 0.569. The molecular formula is C12H16O3. The van der Waals surface area contributed by atoms with Gasteiger partial charge in [-0.3, -0.25) is 4.79 Å². The minimum Gasteiger partial charge on any atom is -0.390 e. The molecule has 2 N–H and O–H groups in total. The van der Waals surface area contributed by atoms with Crippen molar-refractivity contribution in [3.05, 3.63) is 35.9 Å². The van der Waals surface area contributed by atoms with Gasteiger partial charge in [0.05, 0.1) is 12.2 Å². The van der Waals surface area contributed by atoms with Gasteiger partial charge in [-0.15, -0.1) is 0 Å². The lowest BCUT2D eigenvalue weighted by Gasteiger charge is -2.14. The molecule has 0 aromatic heterocycles. The van der Waals surface area contributed by atoms with Crippen LogP contribution in [0.25, 0.3) is 0 Å². The molecular weight excluding hydrogens is 192 g/mol. The molecule has 0 aliphatic carbocycles. The van der Waals surface area contributed by atoms with Gasteiger partial charge in [0, 0.05) is 12.0 Å². The van der Waals surface area contributed by atoms with Crippen molar-refractivity contribution >= 4 is 5.78 Å². The Morgan fingerprint density at radius 1 is 1.20 bits per heavy atom. The van der Waals surface area contributed by atoms with Crippen LogP contribution < -0.4 is 0 Å². The molecule has 3 nitrogen and oxygen atoms in total. The molecule has 2 atom stereocenters. The number of carbonyl (C=O) groups excluding carboxylic acids is 1. The predicted octanol–water partition coefficient (Wildman–Crippen LogP) is 1.39. The summed E-state index contributed by atoms with van der Waals surface area (Å²) in [6.45, 7) is 1.76. The highest BCUT2D eigenvalue weighted by Crippen LogP contribution is 2.09. The van der Waals surface area contributed by atoms with Crippen molar-refractivity contribution in [1.82, 2.24) is 0 Å². The van der Waals surface area contributed by atoms with Crippen LogP contribution in [0.4, 0.5) is 0 Å². The Balaban J connectivity index is 2.57. The Kier molecular flexibility index (Phi) is 4.46. The van der Waals surface area contributed by atoms with Gasteiger partial charge in [-0.2, -0.15) is 0 Å². The largest absolute Gasteiger partial charge is 0.390 e. The fraction of sp³-hybridized carbons (Fsp3) is 0.417. The number of hydrogen-bond donors (Lipinski definition) is 2. The van der Waals surface area contributed by atoms with Gasteiger partial charge in [-0.05, 0) is 6.42 Å². The maximum atomic E-state index is 11.6. The van der Waals surface area contributed by atoms with Crippen LogP contribution in [0.1, 0.15) is 30.1 Å². The number of hydrogen-bond acceptors (Lipinski definition) is 3. The van der Waals surface area contributed by atoms with E-state index < -0.39 is 12.2 Å². The summed E-state index contributed by atoms with van der Waals surface area (Å²) in [7, 11) is 0. The summed E-state index contributed by atoms with van der Waals surface area (Å²) in [5, 5.41) is 18.8. The van der Waals surface area contributed by atoms with Crippen molar-refractivity contribution in [2.75, 3.05) is 0 Å². The van der Waals surface area contributed by atoms with E-state index in [9.17, 15) is 15.0 Å². The molecule has 0 radical (unpaired) electrons. The van der Waals surface area contributed by atoms with Crippen LogP contribution in [0.2, 0.25) is 0 Å². The number of Topliss-reactive ketones (excluding diaryl/α,β-unsaturated/α-hetero) is 1. The highest BCUT2D eigenvalue weighted by Gasteiger charge is 2.18. The van der Waals surface area contributed by atoms with E-state index in [4.69, 9.17) is 0 Å². The van der Waals surface area contributed by atoms with Crippen LogP contribution in [0.15, 0.2) is 30.3 Å². The maximum Gasteiger partial charge on any atom is 0.165 e. The second-order valence-corrected chi connectivity index (χ2v) is 3.54. The summed E-state index contributed by atoms with van der Waals surface area (Å²) >= 11 is 0. The number of aliphatic hydroxyl groups is 2. The van der Waals surface area contributed by atoms with E-state index in [2.05, 4.69) is 0 Å². The van der Waals surface area contributed by atoms with E-state index in [1.807, 2.05) is 6.07 Å². The molecule has 0 unspecified atom stereocenters. The number of benzene rings is 1. The zero-order valence-electron chi connectivity index (χ0n) is 8.76. The van der Waals surface area contributed by atoms with Crippen molar-refractivity contribution in [1.29, 1.82) is 0 Å². The zero-order chi connectivity index (χ0) is 11.3. The molecule has 0 amide bonds. The molecule has 0 aliphatic heterocycles. The summed E-state index contributed by atoms with van der Waals surface area (Å²) in [6, 6.07) is 8.78. The van der Waals surface area contributed by atoms with Crippen LogP contribution >= 0.6 is 0 Å². The standard InChI is InChI=1S/C12H16O3/c1-2-10(13)12(15)8-11(14)9-6-4-3-5-7-9/h3-7,10,12-13,15H,2,8H2,1H3/t10-,12+/m0/s1. The SMILES string of the molecule is CC[C@H](O)[C@H](O)CC(=O)c1ccccc1. The number of aliphatic hydroxyl groups excluding tert-OH is 2. The quantitative estimate of drug-likeness (QED) is 0.719. The molecule has 1 rings (SSSR count). The third-order valence-corrected chi connectivity index (χ3v) is 2.35. The molecule has 0 spiro atoms. The summed E-state index contributed by atoms with van der Waals surface area (Å²) in [6.07, 6.45) is -1.37. The maximum absolute atomic E-state index is 11.6. The van der Waals surface area contributed by atoms with E-state index in [1.54, 1.807) is 31.2 Å². The van der Waals surface area contributed by atoms with Crippen LogP contribution in [-0.2, 0) is 0 Å². The third kappa shape index (κ3) is 3.46. The van der Waals surface area contributed by atoms with E-state index in [-0.39, 0.29) is 12.2 Å². The third-order valence-electron chi connectivity index (χ3n) is 2.35. The lowest BCUT2D eigenvalue weighted by Crippen LogP contribution is -2.27. The van der Waals surface area contributed by atoms with E-state index in [0.29, 0.717) is 12.0 Å². The van der Waals surface area contributed by atoms with Crippen LogP contribution in [0, 0.1) is 0 Å². The van der Waals surface area contributed by atoms with Crippen molar-refractivity contribution in [2.24, 2.45) is 0 Å². The Labute approximate surface area is 89.4 Å². The van der Waals surface area contributed by atoms with E-state index in [1.165, 1.54) is 0 Å². The smallest absolute Gasteiger partial charge is 0.165 e. The Morgan fingerprint density at radius 3 is 2.33 bits per heavy atom. The fourth-order valence-electron chi connectivity index (χ4n) is 1.34. The minimum atomic E-state index is -0.970. The minimum absolute atomic E-state index is 0.0288. The van der Waals surface area contributed by atoms with Crippen molar-refractivity contribution in [3.8, 4) is 0 Å². The molecule has 0 saturated heterocycles. The van der Waals surface area contributed by atoms with Gasteiger partial charge in [0.15, 0.2) is 5.78 Å². The highest BCUT2D eigenvalue weighted by atomic mass is 16.3. The first-order valence-corrected chi connectivity index (χ1v) is 5.09. The Morgan fingerprint density at radius 2 is 1.80 bits per heavy atom. The van der Waals surface area contributed by atoms with Crippen LogP contribution in [0.5, 0.6) is 0 Å². The molecule has 0 saturated carbocycles. The Hall–Kier alpha value is -1.19. The average Bonchev–Trinajstić information content (AvgIpc) is 2.29. The molecule has 15 heavy (non-hydrogen) atoms. The second-order valence-electron chi connectivity index (χ2n) is 3.54. The van der Waals surface area contributed by atoms with Crippen LogP contribution in [0.3, 0.4) is 0 Å². The van der Waals surface area contributed by atoms with Crippen molar-refractivity contribution in [3.63, 3.8) is 0 Å². The first-order valence-electron chi connectivity index (χ1n) is 5.09. The van der Waals surface area contributed by atoms with Gasteiger partial charge in [0.25, 0.3) is 0 Å². The van der Waals surface area contributed by atoms with Gasteiger partial charge in [-0.25, -0.2) is 0 Å². The molecule has 3 heteroatoms. The highest BCUT2D eigenvalue weighted by molar-refractivity contribution is 5.96. The summed E-state index contributed by atoms with van der Waals surface area (Å²) in [4.78, 5) is 11.6. The van der Waals surface area contributed by atoms with Gasteiger partial charge in [0.1, 0.15) is 0 Å². The van der Waals surface area contributed by atoms with Crippen LogP contribution in [-0.4, -0.2) is 28.2 Å². The average molecular weight is 208 g/mol. The van der Waals surface area contributed by atoms with E-state index in [0.717, 1.165) is 0 Å². The molecule has 0 heterocycles. The molecule has 1 aromatic carbocycles. The topological polar surface area (TPSA) is 57.5 Å². The lowest BCUT2D eigenvalue weighted by molar-refractivity contribution is 0.0141. The lowest BCUT2D eigenvalue weighted by atomic mass is 10.0. The Bertz CT molecular complexity index is 308. The molecule has 82 valence electrons. The fourth-order valence-corrected chi connectivity index (χ4v) is 1.34. The summed E-state index contributed by atoms with van der Waals surface area (Å²) < 4.78 is 0. The molecule has 0 bridgehead atoms. The first-order chi connectivity index (χ1) is 7.15. The predicted molar refractivity (Wildman–Crippen MR) is 57.7 cm³/mol. The van der Waals surface area contributed by atoms with Gasteiger partial charge < -0.3 is 10.2 Å². The number of carbonyl (C=O) groups is 1.